The Bertz CT molecular complexity index is 798. The number of halogens is 1. The van der Waals surface area contributed by atoms with E-state index in [-0.39, 0.29) is 5.91 Å². The number of carbonyl (C=O) groups is 1. The van der Waals surface area contributed by atoms with E-state index in [0.29, 0.717) is 22.0 Å². The molecule has 5 heteroatoms. The van der Waals surface area contributed by atoms with Crippen LogP contribution in [0.3, 0.4) is 0 Å². The summed E-state index contributed by atoms with van der Waals surface area (Å²) in [6.45, 7) is 0. The summed E-state index contributed by atoms with van der Waals surface area (Å²) >= 11 is 7.42. The Balaban J connectivity index is 1.62. The van der Waals surface area contributed by atoms with Crippen molar-refractivity contribution in [3.05, 3.63) is 58.1 Å². The summed E-state index contributed by atoms with van der Waals surface area (Å²) in [5, 5.41) is 12.3. The zero-order chi connectivity index (χ0) is 16.2. The second kappa shape index (κ2) is 7.08. The van der Waals surface area contributed by atoms with E-state index in [0.717, 1.165) is 17.7 Å². The Kier molecular flexibility index (Phi) is 4.90. The van der Waals surface area contributed by atoms with Crippen molar-refractivity contribution in [1.29, 1.82) is 5.26 Å². The van der Waals surface area contributed by atoms with Crippen molar-refractivity contribution in [2.24, 2.45) is 0 Å². The zero-order valence-corrected chi connectivity index (χ0v) is 14.0. The number of hydrogen-bond acceptors (Lipinski definition) is 3. The third-order valence-corrected chi connectivity index (χ3v) is 5.04. The lowest BCUT2D eigenvalue weighted by molar-refractivity contribution is -0.113. The maximum atomic E-state index is 12.1. The van der Waals surface area contributed by atoms with Crippen LogP contribution in [0.15, 0.2) is 41.3 Å². The predicted octanol–water partition coefficient (Wildman–Crippen LogP) is 4.43. The normalized spacial score (nSPS) is 12.5. The van der Waals surface area contributed by atoms with Crippen molar-refractivity contribution < 1.29 is 4.79 Å². The number of benzene rings is 2. The number of fused-ring (bicyclic) bond motifs is 1. The molecule has 0 saturated heterocycles. The highest BCUT2D eigenvalue weighted by atomic mass is 35.5. The largest absolute Gasteiger partial charge is 0.324 e. The second-order valence-electron chi connectivity index (χ2n) is 5.42. The Morgan fingerprint density at radius 3 is 2.87 bits per heavy atom. The minimum Gasteiger partial charge on any atom is -0.324 e. The minimum atomic E-state index is -0.144. The average molecular weight is 343 g/mol. The first-order chi connectivity index (χ1) is 11.2. The molecule has 0 saturated carbocycles. The van der Waals surface area contributed by atoms with E-state index in [2.05, 4.69) is 29.6 Å². The van der Waals surface area contributed by atoms with Gasteiger partial charge in [0.15, 0.2) is 0 Å². The number of nitriles is 1. The van der Waals surface area contributed by atoms with Crippen molar-refractivity contribution in [3.63, 3.8) is 0 Å². The number of amides is 1. The fraction of sp³-hybridized carbons (Fsp3) is 0.222. The Hall–Kier alpha value is -1.96. The van der Waals surface area contributed by atoms with E-state index in [9.17, 15) is 4.79 Å². The highest BCUT2D eigenvalue weighted by molar-refractivity contribution is 8.00. The molecule has 23 heavy (non-hydrogen) atoms. The Morgan fingerprint density at radius 2 is 2.04 bits per heavy atom. The highest BCUT2D eigenvalue weighted by Crippen LogP contribution is 2.28. The van der Waals surface area contributed by atoms with Crippen LogP contribution in [0.25, 0.3) is 0 Å². The molecule has 0 atom stereocenters. The fourth-order valence-corrected chi connectivity index (χ4v) is 3.62. The maximum absolute atomic E-state index is 12.1. The van der Waals surface area contributed by atoms with Gasteiger partial charge in [-0.1, -0.05) is 17.7 Å². The van der Waals surface area contributed by atoms with Gasteiger partial charge in [-0.15, -0.1) is 11.8 Å². The van der Waals surface area contributed by atoms with Gasteiger partial charge in [0.25, 0.3) is 0 Å². The van der Waals surface area contributed by atoms with Gasteiger partial charge in [-0.25, -0.2) is 0 Å². The standard InChI is InChI=1S/C18H15ClN2OS/c19-15-6-4-14(10-20)17(9-15)21-18(22)11-23-16-7-5-12-2-1-3-13(12)8-16/h4-9H,1-3,11H2,(H,21,22). The van der Waals surface area contributed by atoms with Gasteiger partial charge in [0.05, 0.1) is 17.0 Å². The quantitative estimate of drug-likeness (QED) is 0.836. The molecule has 0 radical (unpaired) electrons. The van der Waals surface area contributed by atoms with E-state index in [1.54, 1.807) is 18.2 Å². The van der Waals surface area contributed by atoms with Crippen LogP contribution >= 0.6 is 23.4 Å². The van der Waals surface area contributed by atoms with Crippen molar-refractivity contribution >= 4 is 35.0 Å². The molecule has 0 aliphatic heterocycles. The van der Waals surface area contributed by atoms with Crippen LogP contribution in [0, 0.1) is 11.3 Å². The number of nitrogens with one attached hydrogen (secondary N) is 1. The predicted molar refractivity (Wildman–Crippen MR) is 94.0 cm³/mol. The summed E-state index contributed by atoms with van der Waals surface area (Å²) in [4.78, 5) is 13.2. The molecule has 0 bridgehead atoms. The van der Waals surface area contributed by atoms with Gasteiger partial charge in [0, 0.05) is 9.92 Å². The first-order valence-corrected chi connectivity index (χ1v) is 8.76. The monoisotopic (exact) mass is 342 g/mol. The first-order valence-electron chi connectivity index (χ1n) is 7.40. The first kappa shape index (κ1) is 15.9. The van der Waals surface area contributed by atoms with Gasteiger partial charge < -0.3 is 5.32 Å². The van der Waals surface area contributed by atoms with Gasteiger partial charge in [-0.3, -0.25) is 4.79 Å². The Labute approximate surface area is 144 Å². The lowest BCUT2D eigenvalue weighted by atomic mass is 10.1. The van der Waals surface area contributed by atoms with Crippen LogP contribution in [0.4, 0.5) is 5.69 Å². The minimum absolute atomic E-state index is 0.144. The third kappa shape index (κ3) is 3.87. The Morgan fingerprint density at radius 1 is 1.22 bits per heavy atom. The molecule has 0 unspecified atom stereocenters. The van der Waals surface area contributed by atoms with E-state index in [1.807, 2.05) is 0 Å². The van der Waals surface area contributed by atoms with Gasteiger partial charge in [-0.05, 0) is 60.7 Å². The van der Waals surface area contributed by atoms with Crippen LogP contribution in [0.2, 0.25) is 5.02 Å². The van der Waals surface area contributed by atoms with E-state index < -0.39 is 0 Å². The number of anilines is 1. The smallest absolute Gasteiger partial charge is 0.234 e. The topological polar surface area (TPSA) is 52.9 Å². The molecule has 3 nitrogen and oxygen atoms in total. The third-order valence-electron chi connectivity index (χ3n) is 3.82. The molecule has 1 N–H and O–H groups in total. The van der Waals surface area contributed by atoms with Crippen molar-refractivity contribution in [2.45, 2.75) is 24.2 Å². The molecule has 0 heterocycles. The molecule has 3 rings (SSSR count). The van der Waals surface area contributed by atoms with Crippen molar-refractivity contribution in [2.75, 3.05) is 11.1 Å². The van der Waals surface area contributed by atoms with Crippen LogP contribution in [-0.4, -0.2) is 11.7 Å². The molecule has 116 valence electrons. The maximum Gasteiger partial charge on any atom is 0.234 e. The number of hydrogen-bond donors (Lipinski definition) is 1. The highest BCUT2D eigenvalue weighted by Gasteiger charge is 2.12. The average Bonchev–Trinajstić information content (AvgIpc) is 3.01. The summed E-state index contributed by atoms with van der Waals surface area (Å²) < 4.78 is 0. The van der Waals surface area contributed by atoms with Crippen LogP contribution in [0.5, 0.6) is 0 Å². The van der Waals surface area contributed by atoms with Crippen molar-refractivity contribution in [1.82, 2.24) is 0 Å². The summed E-state index contributed by atoms with van der Waals surface area (Å²) in [6, 6.07) is 13.3. The van der Waals surface area contributed by atoms with Gasteiger partial charge >= 0.3 is 0 Å². The number of nitrogens with zero attached hydrogens (tertiary/aromatic N) is 1. The van der Waals surface area contributed by atoms with Crippen molar-refractivity contribution in [3.8, 4) is 6.07 Å². The van der Waals surface area contributed by atoms with Crippen LogP contribution in [-0.2, 0) is 17.6 Å². The van der Waals surface area contributed by atoms with Crippen LogP contribution in [0.1, 0.15) is 23.1 Å². The van der Waals surface area contributed by atoms with Gasteiger partial charge in [0.2, 0.25) is 5.91 Å². The molecule has 1 aliphatic carbocycles. The number of aryl methyl sites for hydroxylation is 2. The number of thioether (sulfide) groups is 1. The molecule has 0 fully saturated rings. The summed E-state index contributed by atoms with van der Waals surface area (Å²) in [5.74, 6) is 0.158. The zero-order valence-electron chi connectivity index (χ0n) is 12.4. The summed E-state index contributed by atoms with van der Waals surface area (Å²) in [5.41, 5.74) is 3.69. The van der Waals surface area contributed by atoms with E-state index in [1.165, 1.54) is 29.3 Å². The van der Waals surface area contributed by atoms with Crippen LogP contribution < -0.4 is 5.32 Å². The molecule has 1 aliphatic rings. The van der Waals surface area contributed by atoms with E-state index >= 15 is 0 Å². The lowest BCUT2D eigenvalue weighted by Gasteiger charge is -2.08. The molecular weight excluding hydrogens is 328 g/mol. The molecule has 1 amide bonds. The second-order valence-corrected chi connectivity index (χ2v) is 6.91. The summed E-state index contributed by atoms with van der Waals surface area (Å²) in [6.07, 6.45) is 3.51. The molecule has 2 aromatic rings. The fourth-order valence-electron chi connectivity index (χ4n) is 2.69. The lowest BCUT2D eigenvalue weighted by Crippen LogP contribution is -2.14. The van der Waals surface area contributed by atoms with Gasteiger partial charge in [0.1, 0.15) is 6.07 Å². The number of carbonyl (C=O) groups excluding carboxylic acids is 1. The molecular formula is C18H15ClN2OS. The van der Waals surface area contributed by atoms with Gasteiger partial charge in [-0.2, -0.15) is 5.26 Å². The molecule has 0 spiro atoms. The molecule has 0 aromatic heterocycles. The van der Waals surface area contributed by atoms with E-state index in [4.69, 9.17) is 16.9 Å². The summed E-state index contributed by atoms with van der Waals surface area (Å²) in [7, 11) is 0. The SMILES string of the molecule is N#Cc1ccc(Cl)cc1NC(=O)CSc1ccc2c(c1)CCC2. The molecule has 2 aromatic carbocycles. The number of rotatable bonds is 4.